The maximum Gasteiger partial charge on any atom is 0.323 e. The first-order valence-corrected chi connectivity index (χ1v) is 7.95. The quantitative estimate of drug-likeness (QED) is 0.745. The van der Waals surface area contributed by atoms with Gasteiger partial charge in [0.05, 0.1) is 0 Å². The van der Waals surface area contributed by atoms with Gasteiger partial charge in [-0.05, 0) is 19.5 Å². The van der Waals surface area contributed by atoms with Crippen molar-refractivity contribution in [1.29, 1.82) is 0 Å². The second kappa shape index (κ2) is 8.39. The summed E-state index contributed by atoms with van der Waals surface area (Å²) in [4.78, 5) is 28.1. The molecule has 0 fully saturated rings. The highest BCUT2D eigenvalue weighted by atomic mass is 16.5. The molecule has 0 aliphatic rings. The highest BCUT2D eigenvalue weighted by Gasteiger charge is 2.20. The lowest BCUT2D eigenvalue weighted by Crippen LogP contribution is -2.36. The molecule has 0 bridgehead atoms. The smallest absolute Gasteiger partial charge is 0.323 e. The molecule has 0 aliphatic carbocycles. The molecule has 0 saturated heterocycles. The van der Waals surface area contributed by atoms with Gasteiger partial charge < -0.3 is 15.4 Å². The number of nitrogens with zero attached hydrogens (tertiary/aromatic N) is 5. The molecule has 0 saturated carbocycles. The fraction of sp³-hybridized carbons (Fsp3) is 0.412. The van der Waals surface area contributed by atoms with Crippen molar-refractivity contribution in [2.24, 2.45) is 0 Å². The SMILES string of the molecule is CC(C(=O)OCc1nc(N)nc(N(C)C)n1)N(C)Cc1ccccc1. The molecule has 25 heavy (non-hydrogen) atoms. The van der Waals surface area contributed by atoms with E-state index in [1.165, 1.54) is 0 Å². The second-order valence-electron chi connectivity index (χ2n) is 5.99. The number of hydrogen-bond acceptors (Lipinski definition) is 8. The van der Waals surface area contributed by atoms with Crippen LogP contribution in [0.1, 0.15) is 18.3 Å². The van der Waals surface area contributed by atoms with Crippen LogP contribution >= 0.6 is 0 Å². The van der Waals surface area contributed by atoms with Gasteiger partial charge in [0.1, 0.15) is 6.04 Å². The number of aromatic nitrogens is 3. The van der Waals surface area contributed by atoms with Gasteiger partial charge in [0.15, 0.2) is 12.4 Å². The molecule has 0 spiro atoms. The van der Waals surface area contributed by atoms with Gasteiger partial charge >= 0.3 is 5.97 Å². The molecule has 2 aromatic rings. The van der Waals surface area contributed by atoms with Gasteiger partial charge in [-0.15, -0.1) is 0 Å². The molecule has 1 aromatic heterocycles. The average Bonchev–Trinajstić information content (AvgIpc) is 2.59. The zero-order valence-corrected chi connectivity index (χ0v) is 15.0. The summed E-state index contributed by atoms with van der Waals surface area (Å²) < 4.78 is 5.33. The second-order valence-corrected chi connectivity index (χ2v) is 5.99. The van der Waals surface area contributed by atoms with Crippen LogP contribution in [0.3, 0.4) is 0 Å². The summed E-state index contributed by atoms with van der Waals surface area (Å²) in [5.74, 6) is 0.498. The zero-order valence-electron chi connectivity index (χ0n) is 15.0. The average molecular weight is 344 g/mol. The van der Waals surface area contributed by atoms with Crippen molar-refractivity contribution >= 4 is 17.9 Å². The number of likely N-dealkylation sites (N-methyl/N-ethyl adjacent to an activating group) is 1. The molecule has 0 aliphatic heterocycles. The lowest BCUT2D eigenvalue weighted by atomic mass is 10.2. The summed E-state index contributed by atoms with van der Waals surface area (Å²) in [6.07, 6.45) is 0. The van der Waals surface area contributed by atoms with Gasteiger partial charge in [0.2, 0.25) is 11.9 Å². The number of rotatable bonds is 7. The first-order chi connectivity index (χ1) is 11.9. The van der Waals surface area contributed by atoms with E-state index in [1.807, 2.05) is 42.3 Å². The fourth-order valence-corrected chi connectivity index (χ4v) is 2.13. The molecule has 0 radical (unpaired) electrons. The molecule has 1 unspecified atom stereocenters. The van der Waals surface area contributed by atoms with Crippen LogP contribution in [0, 0.1) is 0 Å². The van der Waals surface area contributed by atoms with Gasteiger partial charge in [0, 0.05) is 20.6 Å². The Hall–Kier alpha value is -2.74. The van der Waals surface area contributed by atoms with Gasteiger partial charge in [-0.2, -0.15) is 15.0 Å². The third-order valence-electron chi connectivity index (χ3n) is 3.71. The molecule has 1 atom stereocenters. The van der Waals surface area contributed by atoms with Crippen LogP contribution in [0.2, 0.25) is 0 Å². The molecule has 1 heterocycles. The monoisotopic (exact) mass is 344 g/mol. The van der Waals surface area contributed by atoms with Crippen molar-refractivity contribution in [1.82, 2.24) is 19.9 Å². The first kappa shape index (κ1) is 18.6. The minimum atomic E-state index is -0.396. The van der Waals surface area contributed by atoms with Crippen molar-refractivity contribution in [3.8, 4) is 0 Å². The molecular weight excluding hydrogens is 320 g/mol. The lowest BCUT2D eigenvalue weighted by molar-refractivity contribution is -0.150. The summed E-state index contributed by atoms with van der Waals surface area (Å²) in [7, 11) is 5.47. The number of esters is 1. The van der Waals surface area contributed by atoms with Crippen molar-refractivity contribution in [2.45, 2.75) is 26.1 Å². The highest BCUT2D eigenvalue weighted by molar-refractivity contribution is 5.75. The van der Waals surface area contributed by atoms with Crippen LogP contribution in [-0.2, 0) is 22.7 Å². The topological polar surface area (TPSA) is 97.5 Å². The number of ether oxygens (including phenoxy) is 1. The molecule has 2 N–H and O–H groups in total. The summed E-state index contributed by atoms with van der Waals surface area (Å²) in [6, 6.07) is 9.55. The van der Waals surface area contributed by atoms with Crippen molar-refractivity contribution < 1.29 is 9.53 Å². The van der Waals surface area contributed by atoms with E-state index in [0.29, 0.717) is 18.3 Å². The third kappa shape index (κ3) is 5.39. The molecule has 134 valence electrons. The minimum Gasteiger partial charge on any atom is -0.456 e. The van der Waals surface area contributed by atoms with Crippen molar-refractivity contribution in [3.05, 3.63) is 41.7 Å². The maximum atomic E-state index is 12.3. The van der Waals surface area contributed by atoms with Crippen LogP contribution in [0.5, 0.6) is 0 Å². The summed E-state index contributed by atoms with van der Waals surface area (Å²) >= 11 is 0. The molecule has 0 amide bonds. The Morgan fingerprint density at radius 2 is 1.84 bits per heavy atom. The van der Waals surface area contributed by atoms with Gasteiger partial charge in [0.25, 0.3) is 0 Å². The van der Waals surface area contributed by atoms with Gasteiger partial charge in [-0.25, -0.2) is 0 Å². The number of nitrogen functional groups attached to an aromatic ring is 1. The Bertz CT molecular complexity index is 708. The number of hydrogen-bond donors (Lipinski definition) is 1. The normalized spacial score (nSPS) is 12.0. The molecular formula is C17H24N6O2. The minimum absolute atomic E-state index is 0.0457. The number of nitrogens with two attached hydrogens (primary N) is 1. The molecule has 8 heteroatoms. The van der Waals surface area contributed by atoms with E-state index >= 15 is 0 Å². The van der Waals surface area contributed by atoms with Crippen molar-refractivity contribution in [3.63, 3.8) is 0 Å². The number of carbonyl (C=O) groups is 1. The predicted molar refractivity (Wildman–Crippen MR) is 95.7 cm³/mol. The van der Waals surface area contributed by atoms with E-state index in [0.717, 1.165) is 5.56 Å². The summed E-state index contributed by atoms with van der Waals surface area (Å²) in [6.45, 7) is 2.41. The van der Waals surface area contributed by atoms with Gasteiger partial charge in [-0.1, -0.05) is 30.3 Å². The summed E-state index contributed by atoms with van der Waals surface area (Å²) in [5.41, 5.74) is 6.79. The zero-order chi connectivity index (χ0) is 18.4. The number of anilines is 2. The lowest BCUT2D eigenvalue weighted by Gasteiger charge is -2.23. The molecule has 1 aromatic carbocycles. The predicted octanol–water partition coefficient (Wildman–Crippen LogP) is 1.08. The Morgan fingerprint density at radius 3 is 2.48 bits per heavy atom. The summed E-state index contributed by atoms with van der Waals surface area (Å²) in [5, 5.41) is 0. The highest BCUT2D eigenvalue weighted by Crippen LogP contribution is 2.10. The Morgan fingerprint density at radius 1 is 1.16 bits per heavy atom. The largest absolute Gasteiger partial charge is 0.456 e. The van der Waals surface area contributed by atoms with E-state index in [4.69, 9.17) is 10.5 Å². The molecule has 2 rings (SSSR count). The van der Waals surface area contributed by atoms with Crippen LogP contribution in [-0.4, -0.2) is 53.0 Å². The standard InChI is InChI=1S/C17H24N6O2/c1-12(23(4)10-13-8-6-5-7-9-13)15(24)25-11-14-19-16(18)21-17(20-14)22(2)3/h5-9,12H,10-11H2,1-4H3,(H2,18,19,20,21). The maximum absolute atomic E-state index is 12.3. The van der Waals surface area contributed by atoms with E-state index in [9.17, 15) is 4.79 Å². The fourth-order valence-electron chi connectivity index (χ4n) is 2.13. The van der Waals surface area contributed by atoms with E-state index in [1.54, 1.807) is 25.9 Å². The number of benzene rings is 1. The van der Waals surface area contributed by atoms with E-state index < -0.39 is 6.04 Å². The Balaban J connectivity index is 1.93. The van der Waals surface area contributed by atoms with Crippen LogP contribution in [0.15, 0.2) is 30.3 Å². The van der Waals surface area contributed by atoms with Crippen LogP contribution in [0.4, 0.5) is 11.9 Å². The third-order valence-corrected chi connectivity index (χ3v) is 3.71. The molecule has 8 nitrogen and oxygen atoms in total. The van der Waals surface area contributed by atoms with Gasteiger partial charge in [-0.3, -0.25) is 9.69 Å². The van der Waals surface area contributed by atoms with Crippen LogP contribution in [0.25, 0.3) is 0 Å². The number of carbonyl (C=O) groups excluding carboxylic acids is 1. The van der Waals surface area contributed by atoms with E-state index in [-0.39, 0.29) is 18.5 Å². The first-order valence-electron chi connectivity index (χ1n) is 7.95. The Labute approximate surface area is 147 Å². The van der Waals surface area contributed by atoms with E-state index in [2.05, 4.69) is 15.0 Å². The van der Waals surface area contributed by atoms with Crippen LogP contribution < -0.4 is 10.6 Å². The Kier molecular flexibility index (Phi) is 6.24. The van der Waals surface area contributed by atoms with Crippen molar-refractivity contribution in [2.75, 3.05) is 31.8 Å².